The molecule has 1 aromatic heterocycles. The van der Waals surface area contributed by atoms with E-state index in [1.54, 1.807) is 0 Å². The molecule has 0 aromatic carbocycles. The SMILES string of the molecule is CN(C)C(C)(C)c1ncc(C(=O)O)c(=O)[nH]1. The van der Waals surface area contributed by atoms with E-state index in [4.69, 9.17) is 5.11 Å². The molecule has 0 saturated carbocycles. The van der Waals surface area contributed by atoms with Crippen molar-refractivity contribution in [3.05, 3.63) is 27.9 Å². The van der Waals surface area contributed by atoms with Crippen molar-refractivity contribution in [2.24, 2.45) is 0 Å². The summed E-state index contributed by atoms with van der Waals surface area (Å²) in [7, 11) is 3.70. The lowest BCUT2D eigenvalue weighted by molar-refractivity contribution is 0.0694. The van der Waals surface area contributed by atoms with Crippen molar-refractivity contribution in [2.75, 3.05) is 14.1 Å². The van der Waals surface area contributed by atoms with E-state index in [1.165, 1.54) is 0 Å². The molecule has 0 aliphatic rings. The van der Waals surface area contributed by atoms with E-state index in [-0.39, 0.29) is 5.56 Å². The molecule has 1 rings (SSSR count). The molecule has 0 bridgehead atoms. The minimum Gasteiger partial charge on any atom is -0.477 e. The third-order valence-corrected chi connectivity index (χ3v) is 2.73. The highest BCUT2D eigenvalue weighted by molar-refractivity contribution is 5.86. The highest BCUT2D eigenvalue weighted by Gasteiger charge is 2.26. The number of H-pyrrole nitrogens is 1. The van der Waals surface area contributed by atoms with Crippen molar-refractivity contribution in [1.29, 1.82) is 0 Å². The Labute approximate surface area is 92.9 Å². The third-order valence-electron chi connectivity index (χ3n) is 2.73. The van der Waals surface area contributed by atoms with Gasteiger partial charge >= 0.3 is 5.97 Å². The monoisotopic (exact) mass is 225 g/mol. The van der Waals surface area contributed by atoms with Crippen LogP contribution in [0.5, 0.6) is 0 Å². The molecule has 16 heavy (non-hydrogen) atoms. The van der Waals surface area contributed by atoms with Gasteiger partial charge in [-0.25, -0.2) is 9.78 Å². The number of carboxylic acids is 1. The first-order valence-electron chi connectivity index (χ1n) is 4.77. The summed E-state index contributed by atoms with van der Waals surface area (Å²) in [4.78, 5) is 30.4. The number of aromatic amines is 1. The van der Waals surface area contributed by atoms with Gasteiger partial charge in [0.05, 0.1) is 5.54 Å². The minimum absolute atomic E-state index is 0.349. The van der Waals surface area contributed by atoms with Crippen LogP contribution in [-0.2, 0) is 5.54 Å². The Bertz CT molecular complexity index is 463. The van der Waals surface area contributed by atoms with Crippen LogP contribution in [0.2, 0.25) is 0 Å². The third kappa shape index (κ3) is 2.11. The zero-order valence-electron chi connectivity index (χ0n) is 9.74. The average molecular weight is 225 g/mol. The summed E-state index contributed by atoms with van der Waals surface area (Å²) >= 11 is 0. The molecular weight excluding hydrogens is 210 g/mol. The Balaban J connectivity index is 3.26. The van der Waals surface area contributed by atoms with Gasteiger partial charge in [-0.05, 0) is 27.9 Å². The molecule has 0 saturated heterocycles. The predicted molar refractivity (Wildman–Crippen MR) is 58.5 cm³/mol. The summed E-state index contributed by atoms with van der Waals surface area (Å²) in [5.74, 6) is -0.838. The number of hydrogen-bond donors (Lipinski definition) is 2. The predicted octanol–water partition coefficient (Wildman–Crippen LogP) is 0.265. The fourth-order valence-electron chi connectivity index (χ4n) is 1.07. The van der Waals surface area contributed by atoms with Crippen molar-refractivity contribution < 1.29 is 9.90 Å². The second-order valence-electron chi connectivity index (χ2n) is 4.23. The molecule has 0 aliphatic heterocycles. The second-order valence-corrected chi connectivity index (χ2v) is 4.23. The van der Waals surface area contributed by atoms with E-state index >= 15 is 0 Å². The fraction of sp³-hybridized carbons (Fsp3) is 0.500. The standard InChI is InChI=1S/C10H15N3O3/c1-10(2,13(3)4)9-11-5-6(8(15)16)7(14)12-9/h5H,1-4H3,(H,15,16)(H,11,12,14). The fourth-order valence-corrected chi connectivity index (χ4v) is 1.07. The zero-order valence-corrected chi connectivity index (χ0v) is 9.74. The molecule has 0 fully saturated rings. The topological polar surface area (TPSA) is 86.3 Å². The normalized spacial score (nSPS) is 11.8. The Hall–Kier alpha value is -1.69. The molecule has 1 heterocycles. The molecule has 0 unspecified atom stereocenters. The number of nitrogens with one attached hydrogen (secondary N) is 1. The maximum absolute atomic E-state index is 11.5. The molecule has 88 valence electrons. The maximum atomic E-state index is 11.5. The highest BCUT2D eigenvalue weighted by Crippen LogP contribution is 2.20. The van der Waals surface area contributed by atoms with Crippen LogP contribution in [0.4, 0.5) is 0 Å². The van der Waals surface area contributed by atoms with Crippen LogP contribution in [0.1, 0.15) is 30.0 Å². The first kappa shape index (κ1) is 12.4. The first-order valence-corrected chi connectivity index (χ1v) is 4.77. The van der Waals surface area contributed by atoms with Gasteiger partial charge in [0, 0.05) is 6.20 Å². The number of hydrogen-bond acceptors (Lipinski definition) is 4. The molecular formula is C10H15N3O3. The Morgan fingerprint density at radius 1 is 1.50 bits per heavy atom. The van der Waals surface area contributed by atoms with Crippen LogP contribution >= 0.6 is 0 Å². The molecule has 0 atom stereocenters. The number of aromatic carboxylic acids is 1. The summed E-state index contributed by atoms with van der Waals surface area (Å²) in [6, 6.07) is 0. The van der Waals surface area contributed by atoms with Gasteiger partial charge in [0.15, 0.2) is 0 Å². The number of rotatable bonds is 3. The Morgan fingerprint density at radius 2 is 2.06 bits per heavy atom. The summed E-state index contributed by atoms with van der Waals surface area (Å²) in [5.41, 5.74) is -1.44. The summed E-state index contributed by atoms with van der Waals surface area (Å²) < 4.78 is 0. The molecule has 6 nitrogen and oxygen atoms in total. The minimum atomic E-state index is -1.28. The lowest BCUT2D eigenvalue weighted by Crippen LogP contribution is -2.39. The molecule has 0 radical (unpaired) electrons. The summed E-state index contributed by atoms with van der Waals surface area (Å²) in [5, 5.41) is 8.70. The van der Waals surface area contributed by atoms with Crippen molar-refractivity contribution >= 4 is 5.97 Å². The zero-order chi connectivity index (χ0) is 12.5. The first-order chi connectivity index (χ1) is 7.26. The van der Waals surface area contributed by atoms with Gasteiger partial charge in [0.1, 0.15) is 11.4 Å². The van der Waals surface area contributed by atoms with Crippen LogP contribution in [0.15, 0.2) is 11.0 Å². The van der Waals surface area contributed by atoms with Crippen LogP contribution in [-0.4, -0.2) is 40.0 Å². The van der Waals surface area contributed by atoms with E-state index in [0.29, 0.717) is 5.82 Å². The molecule has 0 amide bonds. The Morgan fingerprint density at radius 3 is 2.44 bits per heavy atom. The van der Waals surface area contributed by atoms with Crippen molar-refractivity contribution in [3.63, 3.8) is 0 Å². The van der Waals surface area contributed by atoms with Gasteiger partial charge in [-0.2, -0.15) is 0 Å². The van der Waals surface area contributed by atoms with Crippen LogP contribution < -0.4 is 5.56 Å². The van der Waals surface area contributed by atoms with Crippen molar-refractivity contribution in [1.82, 2.24) is 14.9 Å². The molecule has 1 aromatic rings. The quantitative estimate of drug-likeness (QED) is 0.770. The van der Waals surface area contributed by atoms with Crippen molar-refractivity contribution in [3.8, 4) is 0 Å². The van der Waals surface area contributed by atoms with Gasteiger partial charge in [-0.1, -0.05) is 0 Å². The van der Waals surface area contributed by atoms with E-state index in [9.17, 15) is 9.59 Å². The second kappa shape index (κ2) is 4.05. The largest absolute Gasteiger partial charge is 0.477 e. The number of nitrogens with zero attached hydrogens (tertiary/aromatic N) is 2. The van der Waals surface area contributed by atoms with Gasteiger partial charge in [-0.3, -0.25) is 9.69 Å². The highest BCUT2D eigenvalue weighted by atomic mass is 16.4. The van der Waals surface area contributed by atoms with Crippen LogP contribution in [0, 0.1) is 0 Å². The Kier molecular flexibility index (Phi) is 3.14. The van der Waals surface area contributed by atoms with E-state index in [2.05, 4.69) is 9.97 Å². The summed E-state index contributed by atoms with van der Waals surface area (Å²) in [6.07, 6.45) is 1.09. The molecule has 0 aliphatic carbocycles. The van der Waals surface area contributed by atoms with Gasteiger partial charge in [0.2, 0.25) is 0 Å². The van der Waals surface area contributed by atoms with Crippen LogP contribution in [0.25, 0.3) is 0 Å². The number of carbonyl (C=O) groups is 1. The molecule has 0 spiro atoms. The number of aromatic nitrogens is 2. The lowest BCUT2D eigenvalue weighted by Gasteiger charge is -2.31. The van der Waals surface area contributed by atoms with Crippen molar-refractivity contribution in [2.45, 2.75) is 19.4 Å². The van der Waals surface area contributed by atoms with E-state index in [0.717, 1.165) is 6.20 Å². The van der Waals surface area contributed by atoms with Crippen LogP contribution in [0.3, 0.4) is 0 Å². The molecule has 2 N–H and O–H groups in total. The van der Waals surface area contributed by atoms with Gasteiger partial charge in [-0.15, -0.1) is 0 Å². The average Bonchev–Trinajstić information content (AvgIpc) is 2.16. The van der Waals surface area contributed by atoms with Gasteiger partial charge in [0.25, 0.3) is 5.56 Å². The lowest BCUT2D eigenvalue weighted by atomic mass is 10.0. The van der Waals surface area contributed by atoms with E-state index < -0.39 is 17.1 Å². The smallest absolute Gasteiger partial charge is 0.342 e. The molecule has 6 heteroatoms. The number of carboxylic acid groups (broad SMARTS) is 1. The van der Waals surface area contributed by atoms with E-state index in [1.807, 2.05) is 32.8 Å². The summed E-state index contributed by atoms with van der Waals surface area (Å²) in [6.45, 7) is 3.76. The van der Waals surface area contributed by atoms with Gasteiger partial charge < -0.3 is 10.1 Å². The maximum Gasteiger partial charge on any atom is 0.342 e.